The normalized spacial score (nSPS) is 11.3. The summed E-state index contributed by atoms with van der Waals surface area (Å²) >= 11 is 0. The van der Waals surface area contributed by atoms with Gasteiger partial charge >= 0.3 is 0 Å². The van der Waals surface area contributed by atoms with Crippen LogP contribution in [0.2, 0.25) is 0 Å². The van der Waals surface area contributed by atoms with Gasteiger partial charge in [-0.2, -0.15) is 0 Å². The summed E-state index contributed by atoms with van der Waals surface area (Å²) in [5.74, 6) is 1.32. The molecular formula is C24H26O2. The fraction of sp³-hybridized carbons (Fsp3) is 0.250. The topological polar surface area (TPSA) is 40.5 Å². The molecule has 0 aliphatic rings. The Balaban J connectivity index is 2.06. The Labute approximate surface area is 155 Å². The summed E-state index contributed by atoms with van der Waals surface area (Å²) in [6.45, 7) is 8.63. The van der Waals surface area contributed by atoms with E-state index in [2.05, 4.69) is 52.0 Å². The van der Waals surface area contributed by atoms with Crippen LogP contribution in [0.15, 0.2) is 60.7 Å². The predicted molar refractivity (Wildman–Crippen MR) is 109 cm³/mol. The molecule has 0 heterocycles. The highest BCUT2D eigenvalue weighted by molar-refractivity contribution is 5.75. The molecule has 0 unspecified atom stereocenters. The largest absolute Gasteiger partial charge is 0.508 e. The molecule has 134 valence electrons. The van der Waals surface area contributed by atoms with E-state index in [4.69, 9.17) is 0 Å². The lowest BCUT2D eigenvalue weighted by molar-refractivity contribution is 0.474. The van der Waals surface area contributed by atoms with Crippen LogP contribution in [0, 0.1) is 0 Å². The summed E-state index contributed by atoms with van der Waals surface area (Å²) in [4.78, 5) is 0. The zero-order valence-electron chi connectivity index (χ0n) is 15.8. The smallest absolute Gasteiger partial charge is 0.116 e. The molecule has 0 amide bonds. The molecule has 2 N–H and O–H groups in total. The SMILES string of the molecule is CC(C)c1ccc(O)cc1-c1ccc(-c2cc(O)ccc2C(C)C)cc1. The van der Waals surface area contributed by atoms with Crippen LogP contribution >= 0.6 is 0 Å². The molecule has 0 radical (unpaired) electrons. The maximum Gasteiger partial charge on any atom is 0.116 e. The summed E-state index contributed by atoms with van der Waals surface area (Å²) in [6.07, 6.45) is 0. The zero-order valence-corrected chi connectivity index (χ0v) is 15.8. The second kappa shape index (κ2) is 7.25. The molecule has 2 nitrogen and oxygen atoms in total. The molecule has 3 rings (SSSR count). The van der Waals surface area contributed by atoms with Gasteiger partial charge in [0.25, 0.3) is 0 Å². The van der Waals surface area contributed by atoms with Crippen LogP contribution in [0.4, 0.5) is 0 Å². The standard InChI is InChI=1S/C24H26O2/c1-15(2)21-11-9-19(25)13-23(21)17-5-7-18(8-6-17)24-14-20(26)10-12-22(24)16(3)4/h5-16,25-26H,1-4H3. The number of rotatable bonds is 4. The zero-order chi connectivity index (χ0) is 18.8. The number of benzene rings is 3. The van der Waals surface area contributed by atoms with Crippen molar-refractivity contribution < 1.29 is 10.2 Å². The maximum absolute atomic E-state index is 9.91. The van der Waals surface area contributed by atoms with Crippen LogP contribution in [-0.2, 0) is 0 Å². The fourth-order valence-corrected chi connectivity index (χ4v) is 3.42. The second-order valence-electron chi connectivity index (χ2n) is 7.43. The Bertz CT molecular complexity index is 829. The maximum atomic E-state index is 9.91. The molecule has 0 aliphatic heterocycles. The van der Waals surface area contributed by atoms with Crippen LogP contribution in [-0.4, -0.2) is 10.2 Å². The van der Waals surface area contributed by atoms with Crippen LogP contribution < -0.4 is 0 Å². The van der Waals surface area contributed by atoms with Gasteiger partial charge in [-0.3, -0.25) is 0 Å². The molecule has 0 aliphatic carbocycles. The average molecular weight is 346 g/mol. The Morgan fingerprint density at radius 2 is 0.885 bits per heavy atom. The molecule has 0 spiro atoms. The Kier molecular flexibility index (Phi) is 5.03. The molecule has 0 saturated heterocycles. The highest BCUT2D eigenvalue weighted by Gasteiger charge is 2.12. The summed E-state index contributed by atoms with van der Waals surface area (Å²) < 4.78 is 0. The van der Waals surface area contributed by atoms with E-state index in [1.54, 1.807) is 12.1 Å². The molecular weight excluding hydrogens is 320 g/mol. The van der Waals surface area contributed by atoms with Crippen molar-refractivity contribution >= 4 is 0 Å². The van der Waals surface area contributed by atoms with Gasteiger partial charge in [0, 0.05) is 0 Å². The molecule has 0 saturated carbocycles. The van der Waals surface area contributed by atoms with Crippen LogP contribution in [0.3, 0.4) is 0 Å². The number of aromatic hydroxyl groups is 2. The number of phenols is 2. The Morgan fingerprint density at radius 1 is 0.538 bits per heavy atom. The Hall–Kier alpha value is -2.74. The summed E-state index contributed by atoms with van der Waals surface area (Å²) in [5, 5.41) is 19.8. The van der Waals surface area contributed by atoms with E-state index in [0.29, 0.717) is 11.8 Å². The number of hydrogen-bond donors (Lipinski definition) is 2. The first-order chi connectivity index (χ1) is 12.4. The van der Waals surface area contributed by atoms with Crippen molar-refractivity contribution in [2.24, 2.45) is 0 Å². The van der Waals surface area contributed by atoms with Crippen LogP contribution in [0.25, 0.3) is 22.3 Å². The van der Waals surface area contributed by atoms with Gasteiger partial charge in [0.1, 0.15) is 11.5 Å². The minimum Gasteiger partial charge on any atom is -0.508 e. The van der Waals surface area contributed by atoms with E-state index >= 15 is 0 Å². The fourth-order valence-electron chi connectivity index (χ4n) is 3.42. The van der Waals surface area contributed by atoms with E-state index in [9.17, 15) is 10.2 Å². The summed E-state index contributed by atoms with van der Waals surface area (Å²) in [7, 11) is 0. The lowest BCUT2D eigenvalue weighted by Crippen LogP contribution is -1.94. The van der Waals surface area contributed by atoms with Crippen LogP contribution in [0.1, 0.15) is 50.7 Å². The van der Waals surface area contributed by atoms with Crippen molar-refractivity contribution in [3.05, 3.63) is 71.8 Å². The third kappa shape index (κ3) is 3.60. The molecule has 0 fully saturated rings. The van der Waals surface area contributed by atoms with Gasteiger partial charge in [-0.1, -0.05) is 64.1 Å². The predicted octanol–water partition coefficient (Wildman–Crippen LogP) is 6.68. The van der Waals surface area contributed by atoms with Gasteiger partial charge in [0.2, 0.25) is 0 Å². The minimum absolute atomic E-state index is 0.281. The van der Waals surface area contributed by atoms with Crippen molar-refractivity contribution in [1.82, 2.24) is 0 Å². The summed E-state index contributed by atoms with van der Waals surface area (Å²) in [6, 6.07) is 19.5. The van der Waals surface area contributed by atoms with Crippen molar-refractivity contribution in [3.63, 3.8) is 0 Å². The van der Waals surface area contributed by atoms with Gasteiger partial charge in [-0.05, 0) is 69.5 Å². The van der Waals surface area contributed by atoms with E-state index < -0.39 is 0 Å². The first kappa shape index (κ1) is 18.1. The number of phenolic OH excluding ortho intramolecular Hbond substituents is 2. The molecule has 0 bridgehead atoms. The first-order valence-corrected chi connectivity index (χ1v) is 9.13. The van der Waals surface area contributed by atoms with Gasteiger partial charge < -0.3 is 10.2 Å². The highest BCUT2D eigenvalue weighted by atomic mass is 16.3. The van der Waals surface area contributed by atoms with Gasteiger partial charge in [0.15, 0.2) is 0 Å². The van der Waals surface area contributed by atoms with Crippen molar-refractivity contribution in [2.45, 2.75) is 39.5 Å². The van der Waals surface area contributed by atoms with Gasteiger partial charge in [-0.25, -0.2) is 0 Å². The van der Waals surface area contributed by atoms with E-state index in [1.165, 1.54) is 11.1 Å². The van der Waals surface area contributed by atoms with Crippen molar-refractivity contribution in [3.8, 4) is 33.8 Å². The monoisotopic (exact) mass is 346 g/mol. The Morgan fingerprint density at radius 3 is 1.19 bits per heavy atom. The second-order valence-corrected chi connectivity index (χ2v) is 7.43. The van der Waals surface area contributed by atoms with E-state index in [-0.39, 0.29) is 11.5 Å². The van der Waals surface area contributed by atoms with Gasteiger partial charge in [0.05, 0.1) is 0 Å². The molecule has 3 aromatic rings. The third-order valence-electron chi connectivity index (χ3n) is 4.82. The molecule has 2 heteroatoms. The van der Waals surface area contributed by atoms with E-state index in [0.717, 1.165) is 22.3 Å². The molecule has 3 aromatic carbocycles. The van der Waals surface area contributed by atoms with Crippen molar-refractivity contribution in [2.75, 3.05) is 0 Å². The average Bonchev–Trinajstić information content (AvgIpc) is 2.61. The quantitative estimate of drug-likeness (QED) is 0.553. The third-order valence-corrected chi connectivity index (χ3v) is 4.82. The minimum atomic E-state index is 0.281. The first-order valence-electron chi connectivity index (χ1n) is 9.13. The number of hydrogen-bond acceptors (Lipinski definition) is 2. The van der Waals surface area contributed by atoms with Crippen LogP contribution in [0.5, 0.6) is 11.5 Å². The lowest BCUT2D eigenvalue weighted by atomic mass is 9.89. The highest BCUT2D eigenvalue weighted by Crippen LogP contribution is 2.36. The molecule has 26 heavy (non-hydrogen) atoms. The molecule has 0 aromatic heterocycles. The van der Waals surface area contributed by atoms with E-state index in [1.807, 2.05) is 24.3 Å². The summed E-state index contributed by atoms with van der Waals surface area (Å²) in [5.41, 5.74) is 6.73. The lowest BCUT2D eigenvalue weighted by Gasteiger charge is -2.16. The van der Waals surface area contributed by atoms with Crippen molar-refractivity contribution in [1.29, 1.82) is 0 Å². The molecule has 0 atom stereocenters. The van der Waals surface area contributed by atoms with Gasteiger partial charge in [-0.15, -0.1) is 0 Å².